The maximum Gasteiger partial charge on any atom is 0.324 e. The second-order valence-electron chi connectivity index (χ2n) is 19.4. The molecule has 2 N–H and O–H groups in total. The SMILES string of the molecule is CCn1c(-c2cccnc2[C@H](C)OC)c2c3cc(ccc31)-c1csc(n1)C[C@H](NC(=O)[C@H](C(C)C)N(C)C(=O)N1CC(Cc3cnn(C)c3)C1)C(=O)N1CCC[C@H](N1)C(=O)OCC(C)(C)C2. The van der Waals surface area contributed by atoms with Crippen LogP contribution >= 0.6 is 11.3 Å². The summed E-state index contributed by atoms with van der Waals surface area (Å²) in [5.74, 6) is -1.23. The van der Waals surface area contributed by atoms with Crippen LogP contribution in [0.1, 0.15) is 82.3 Å². The summed E-state index contributed by atoms with van der Waals surface area (Å²) in [5.41, 5.74) is 10.5. The van der Waals surface area contributed by atoms with E-state index in [4.69, 9.17) is 19.4 Å². The molecule has 1 aromatic carbocycles. The molecule has 4 amide bonds. The molecule has 17 heteroatoms. The number of likely N-dealkylation sites (tertiary alicyclic amines) is 1. The molecule has 352 valence electrons. The number of pyridine rings is 1. The molecule has 2 fully saturated rings. The van der Waals surface area contributed by atoms with Crippen LogP contribution in [0.4, 0.5) is 4.79 Å². The molecule has 4 atom stereocenters. The fourth-order valence-electron chi connectivity index (χ4n) is 9.85. The zero-order valence-electron chi connectivity index (χ0n) is 39.7. The second kappa shape index (κ2) is 19.3. The van der Waals surface area contributed by atoms with E-state index in [1.54, 1.807) is 29.9 Å². The first-order chi connectivity index (χ1) is 31.5. The average molecular weight is 921 g/mol. The molecule has 6 bridgehead atoms. The molecule has 8 rings (SSSR count). The van der Waals surface area contributed by atoms with Gasteiger partial charge < -0.3 is 29.2 Å². The second-order valence-corrected chi connectivity index (χ2v) is 20.3. The molecule has 0 aliphatic carbocycles. The van der Waals surface area contributed by atoms with Crippen molar-refractivity contribution in [3.63, 3.8) is 0 Å². The number of likely N-dealkylation sites (N-methyl/N-ethyl adjacent to an activating group) is 1. The lowest BCUT2D eigenvalue weighted by Gasteiger charge is -2.43. The number of fused-ring (bicyclic) bond motifs is 6. The Kier molecular flexibility index (Phi) is 13.7. The minimum Gasteiger partial charge on any atom is -0.464 e. The molecule has 3 aliphatic heterocycles. The van der Waals surface area contributed by atoms with Gasteiger partial charge in [-0.3, -0.25) is 29.1 Å². The van der Waals surface area contributed by atoms with E-state index in [1.165, 1.54) is 21.2 Å². The molecule has 7 heterocycles. The molecular formula is C49H64N10O6S. The maximum atomic E-state index is 14.6. The Balaban J connectivity index is 1.12. The van der Waals surface area contributed by atoms with Gasteiger partial charge >= 0.3 is 12.0 Å². The summed E-state index contributed by atoms with van der Waals surface area (Å²) < 4.78 is 16.0. The Hall–Kier alpha value is -5.65. The van der Waals surface area contributed by atoms with Gasteiger partial charge in [0.2, 0.25) is 5.91 Å². The number of thiazole rings is 1. The lowest BCUT2D eigenvalue weighted by Crippen LogP contribution is -2.63. The number of nitrogens with one attached hydrogen (secondary N) is 2. The van der Waals surface area contributed by atoms with Crippen molar-refractivity contribution in [2.45, 2.75) is 104 Å². The van der Waals surface area contributed by atoms with E-state index in [-0.39, 0.29) is 31.1 Å². The number of nitrogens with zero attached hydrogens (tertiary/aromatic N) is 8. The number of aryl methyl sites for hydroxylation is 2. The first-order valence-electron chi connectivity index (χ1n) is 23.2. The lowest BCUT2D eigenvalue weighted by molar-refractivity contribution is -0.155. The number of amides is 4. The molecule has 66 heavy (non-hydrogen) atoms. The largest absolute Gasteiger partial charge is 0.464 e. The quantitative estimate of drug-likeness (QED) is 0.154. The number of hydrogen-bond donors (Lipinski definition) is 2. The van der Waals surface area contributed by atoms with E-state index < -0.39 is 41.3 Å². The summed E-state index contributed by atoms with van der Waals surface area (Å²) in [5, 5.41) is 12.5. The third kappa shape index (κ3) is 9.61. The number of rotatable bonds is 10. The van der Waals surface area contributed by atoms with Gasteiger partial charge in [0.1, 0.15) is 18.1 Å². The number of benzene rings is 1. The first-order valence-corrected chi connectivity index (χ1v) is 24.1. The van der Waals surface area contributed by atoms with Crippen molar-refractivity contribution in [2.75, 3.05) is 40.4 Å². The summed E-state index contributed by atoms with van der Waals surface area (Å²) in [7, 11) is 5.23. The highest BCUT2D eigenvalue weighted by Crippen LogP contribution is 2.42. The van der Waals surface area contributed by atoms with Crippen molar-refractivity contribution >= 4 is 46.1 Å². The van der Waals surface area contributed by atoms with E-state index in [9.17, 15) is 19.2 Å². The van der Waals surface area contributed by atoms with Gasteiger partial charge in [-0.2, -0.15) is 5.10 Å². The zero-order valence-corrected chi connectivity index (χ0v) is 40.5. The van der Waals surface area contributed by atoms with Crippen LogP contribution in [0.3, 0.4) is 0 Å². The molecule has 0 unspecified atom stereocenters. The van der Waals surface area contributed by atoms with Crippen LogP contribution < -0.4 is 10.7 Å². The summed E-state index contributed by atoms with van der Waals surface area (Å²) in [6.45, 7) is 14.5. The van der Waals surface area contributed by atoms with Crippen molar-refractivity contribution in [1.82, 2.24) is 49.9 Å². The molecule has 0 saturated carbocycles. The number of methoxy groups -OCH3 is 1. The molecule has 0 radical (unpaired) electrons. The van der Waals surface area contributed by atoms with Crippen LogP contribution in [-0.4, -0.2) is 121 Å². The van der Waals surface area contributed by atoms with E-state index in [0.29, 0.717) is 56.4 Å². The third-order valence-corrected chi connectivity index (χ3v) is 14.2. The van der Waals surface area contributed by atoms with Crippen LogP contribution in [0.2, 0.25) is 0 Å². The highest BCUT2D eigenvalue weighted by atomic mass is 32.1. The Morgan fingerprint density at radius 2 is 1.94 bits per heavy atom. The monoisotopic (exact) mass is 920 g/mol. The minimum atomic E-state index is -1.05. The zero-order chi connectivity index (χ0) is 47.0. The molecular weight excluding hydrogens is 857 g/mol. The van der Waals surface area contributed by atoms with Gasteiger partial charge in [-0.25, -0.2) is 15.2 Å². The van der Waals surface area contributed by atoms with Crippen molar-refractivity contribution in [3.8, 4) is 22.5 Å². The number of urea groups is 1. The molecule has 4 aromatic heterocycles. The number of ether oxygens (including phenoxy) is 2. The molecule has 3 aliphatic rings. The molecule has 16 nitrogen and oxygen atoms in total. The minimum absolute atomic E-state index is 0.104. The van der Waals surface area contributed by atoms with Crippen molar-refractivity contribution in [2.24, 2.45) is 24.3 Å². The number of hydrogen-bond acceptors (Lipinski definition) is 11. The van der Waals surface area contributed by atoms with E-state index in [0.717, 1.165) is 56.7 Å². The fraction of sp³-hybridized carbons (Fsp3) is 0.531. The number of carbonyl (C=O) groups excluding carboxylic acids is 4. The van der Waals surface area contributed by atoms with Crippen molar-refractivity contribution < 1.29 is 28.7 Å². The van der Waals surface area contributed by atoms with Crippen molar-refractivity contribution in [1.29, 1.82) is 0 Å². The molecule has 5 aromatic rings. The van der Waals surface area contributed by atoms with E-state index in [2.05, 4.69) is 65.4 Å². The van der Waals surface area contributed by atoms with Crippen LogP contribution in [0.5, 0.6) is 0 Å². The van der Waals surface area contributed by atoms with Gasteiger partial charge in [0.25, 0.3) is 5.91 Å². The highest BCUT2D eigenvalue weighted by Gasteiger charge is 2.40. The summed E-state index contributed by atoms with van der Waals surface area (Å²) in [6.07, 6.45) is 7.94. The predicted molar refractivity (Wildman–Crippen MR) is 253 cm³/mol. The maximum absolute atomic E-state index is 14.6. The molecule has 0 spiro atoms. The normalized spacial score (nSPS) is 20.2. The third-order valence-electron chi connectivity index (χ3n) is 13.3. The Morgan fingerprint density at radius 1 is 1.15 bits per heavy atom. The summed E-state index contributed by atoms with van der Waals surface area (Å²) in [4.78, 5) is 70.0. The smallest absolute Gasteiger partial charge is 0.324 e. The Labute approximate surface area is 391 Å². The summed E-state index contributed by atoms with van der Waals surface area (Å²) >= 11 is 1.43. The van der Waals surface area contributed by atoms with E-state index >= 15 is 0 Å². The van der Waals surface area contributed by atoms with Gasteiger partial charge in [0, 0.05) is 99.0 Å². The molecule has 2 saturated heterocycles. The van der Waals surface area contributed by atoms with Gasteiger partial charge in [-0.1, -0.05) is 33.8 Å². The van der Waals surface area contributed by atoms with Crippen LogP contribution in [-0.2, 0) is 56.7 Å². The lowest BCUT2D eigenvalue weighted by atomic mass is 9.84. The standard InChI is InChI=1S/C49H64N10O6S/c1-10-58-40-16-15-33-20-35(40)36(44(58)34-13-11-17-50-42(34)30(4)64-9)22-49(5,6)28-65-47(62)37-14-12-18-59(54-37)46(61)38(21-41-52-39(33)27-66-41)53-45(60)43(29(2)3)56(8)48(63)57-25-32(26-57)19-31-23-51-55(7)24-31/h11,13,15-17,20,23-24,27,29-30,32,37-38,43,54H,10,12,14,18-19,21-22,25-26,28H2,1-9H3,(H,53,60)/t30-,37-,38-,43-/m0/s1. The van der Waals surface area contributed by atoms with Gasteiger partial charge in [-0.05, 0) is 86.8 Å². The average Bonchev–Trinajstić information content (AvgIpc) is 4.01. The van der Waals surface area contributed by atoms with Crippen LogP contribution in [0.25, 0.3) is 33.4 Å². The topological polar surface area (TPSA) is 169 Å². The predicted octanol–water partition coefficient (Wildman–Crippen LogP) is 6.19. The van der Waals surface area contributed by atoms with Crippen LogP contribution in [0, 0.1) is 17.3 Å². The first kappa shape index (κ1) is 46.9. The van der Waals surface area contributed by atoms with Gasteiger partial charge in [-0.15, -0.1) is 11.3 Å². The number of carbonyl (C=O) groups is 4. The number of aromatic nitrogens is 5. The van der Waals surface area contributed by atoms with Crippen molar-refractivity contribution in [3.05, 3.63) is 76.1 Å². The van der Waals surface area contributed by atoms with Gasteiger partial charge in [0.05, 0.1) is 41.0 Å². The van der Waals surface area contributed by atoms with E-state index in [1.807, 2.05) is 51.7 Å². The van der Waals surface area contributed by atoms with Crippen LogP contribution in [0.15, 0.2) is 54.3 Å². The Bertz CT molecular complexity index is 2590. The summed E-state index contributed by atoms with van der Waals surface area (Å²) in [6, 6.07) is 7.55. The highest BCUT2D eigenvalue weighted by molar-refractivity contribution is 7.10. The van der Waals surface area contributed by atoms with Gasteiger partial charge in [0.15, 0.2) is 0 Å². The number of hydrazine groups is 1. The number of cyclic esters (lactones) is 1. The Morgan fingerprint density at radius 3 is 2.65 bits per heavy atom. The number of esters is 1. The fourth-order valence-corrected chi connectivity index (χ4v) is 10.7.